The molecular formula is C48H64N4O6S. The molecule has 0 radical (unpaired) electrons. The molecular weight excluding hydrogens is 761 g/mol. The summed E-state index contributed by atoms with van der Waals surface area (Å²) in [6, 6.07) is 27.6. The van der Waals surface area contributed by atoms with Crippen molar-refractivity contribution >= 4 is 29.9 Å². The second-order valence-corrected chi connectivity index (χ2v) is 15.7. The number of benzene rings is 3. The van der Waals surface area contributed by atoms with Crippen molar-refractivity contribution < 1.29 is 29.3 Å². The van der Waals surface area contributed by atoms with Crippen LogP contribution in [0.15, 0.2) is 103 Å². The highest BCUT2D eigenvalue weighted by atomic mass is 32.1. The SMILES string of the molecule is CC.CC(C)(C)c1ccc(C=O)s1.CCCCCCCOc1ccc(-c2cnc(-c3ccc(CC(C=O)NC)cc3)nc2)cc1.CNC(C(=O)O)C(O)c1ccccc1. The van der Waals surface area contributed by atoms with E-state index in [1.165, 1.54) is 37.6 Å². The quantitative estimate of drug-likeness (QED) is 0.0497. The lowest BCUT2D eigenvalue weighted by molar-refractivity contribution is -0.142. The van der Waals surface area contributed by atoms with Crippen molar-refractivity contribution in [1.82, 2.24) is 20.6 Å². The number of carbonyl (C=O) groups excluding carboxylic acids is 2. The third kappa shape index (κ3) is 17.8. The Morgan fingerprint density at radius 2 is 1.41 bits per heavy atom. The molecule has 5 aromatic rings. The van der Waals surface area contributed by atoms with Gasteiger partial charge >= 0.3 is 5.97 Å². The lowest BCUT2D eigenvalue weighted by Gasteiger charge is -2.18. The Balaban J connectivity index is 0.000000363. The number of aliphatic carboxylic acids is 1. The normalized spacial score (nSPS) is 12.2. The Labute approximate surface area is 355 Å². The molecule has 0 fully saturated rings. The van der Waals surface area contributed by atoms with E-state index in [9.17, 15) is 19.5 Å². The Bertz CT molecular complexity index is 1890. The van der Waals surface area contributed by atoms with Crippen LogP contribution in [-0.4, -0.2) is 71.5 Å². The number of nitrogens with zero attached hydrogens (tertiary/aromatic N) is 2. The topological polar surface area (TPSA) is 151 Å². The van der Waals surface area contributed by atoms with Crippen molar-refractivity contribution in [3.8, 4) is 28.3 Å². The number of thiophene rings is 1. The lowest BCUT2D eigenvalue weighted by atomic mass is 9.95. The van der Waals surface area contributed by atoms with Crippen LogP contribution < -0.4 is 15.4 Å². The number of rotatable bonds is 18. The fourth-order valence-electron chi connectivity index (χ4n) is 5.61. The van der Waals surface area contributed by atoms with Gasteiger partial charge in [0.05, 0.1) is 17.5 Å². The maximum atomic E-state index is 11.0. The predicted octanol–water partition coefficient (Wildman–Crippen LogP) is 9.77. The van der Waals surface area contributed by atoms with Crippen molar-refractivity contribution in [2.45, 2.75) is 104 Å². The number of hydrogen-bond donors (Lipinski definition) is 4. The number of aliphatic hydroxyl groups excluding tert-OH is 1. The molecule has 2 aromatic heterocycles. The molecule has 10 nitrogen and oxygen atoms in total. The zero-order valence-electron chi connectivity index (χ0n) is 36.0. The summed E-state index contributed by atoms with van der Waals surface area (Å²) in [5.41, 5.74) is 4.85. The van der Waals surface area contributed by atoms with Crippen LogP contribution in [-0.2, 0) is 21.4 Å². The molecule has 0 saturated heterocycles. The van der Waals surface area contributed by atoms with Crippen LogP contribution in [0.25, 0.3) is 22.5 Å². The highest BCUT2D eigenvalue weighted by Crippen LogP contribution is 2.28. The fourth-order valence-corrected chi connectivity index (χ4v) is 6.49. The lowest BCUT2D eigenvalue weighted by Crippen LogP contribution is -2.39. The number of aromatic nitrogens is 2. The van der Waals surface area contributed by atoms with Gasteiger partial charge in [-0.2, -0.15) is 0 Å². The Morgan fingerprint density at radius 3 is 1.90 bits per heavy atom. The van der Waals surface area contributed by atoms with Gasteiger partial charge in [-0.3, -0.25) is 9.59 Å². The molecule has 3 aromatic carbocycles. The van der Waals surface area contributed by atoms with E-state index in [-0.39, 0.29) is 11.5 Å². The molecule has 0 aliphatic carbocycles. The summed E-state index contributed by atoms with van der Waals surface area (Å²) < 4.78 is 5.85. The van der Waals surface area contributed by atoms with Crippen LogP contribution in [0.2, 0.25) is 0 Å². The van der Waals surface area contributed by atoms with Gasteiger partial charge in [0.25, 0.3) is 0 Å². The minimum absolute atomic E-state index is 0.168. The van der Waals surface area contributed by atoms with Crippen LogP contribution in [0, 0.1) is 0 Å². The number of nitrogens with one attached hydrogen (secondary N) is 2. The molecule has 0 aliphatic rings. The second kappa shape index (κ2) is 27.6. The highest BCUT2D eigenvalue weighted by Gasteiger charge is 2.25. The summed E-state index contributed by atoms with van der Waals surface area (Å²) in [6.45, 7) is 13.4. The molecule has 5 rings (SSSR count). The molecule has 4 N–H and O–H groups in total. The van der Waals surface area contributed by atoms with Crippen molar-refractivity contribution in [3.05, 3.63) is 124 Å². The summed E-state index contributed by atoms with van der Waals surface area (Å²) in [7, 11) is 3.30. The number of unbranched alkanes of at least 4 members (excludes halogenated alkanes) is 4. The minimum Gasteiger partial charge on any atom is -0.494 e. The standard InChI is InChI=1S/C27H33N3O2.C10H13NO3.C9H12OS.C2H6/c1-3-4-5-6-7-16-32-26-14-12-22(13-15-26)24-18-29-27(30-19-24)23-10-8-21(9-11-23)17-25(20-31)28-2;1-11-8(10(13)14)9(12)7-5-3-2-4-6-7;1-9(2,3)8-5-4-7(6-10)11-8;1-2/h8-15,18-20,25,28H,3-7,16-17H2,1-2H3;2-6,8-9,11-12H,1H3,(H,13,14);4-6H,1-3H3;1-2H3. The molecule has 2 heterocycles. The average Bonchev–Trinajstić information content (AvgIpc) is 3.77. The molecule has 59 heavy (non-hydrogen) atoms. The van der Waals surface area contributed by atoms with E-state index in [0.717, 1.165) is 58.5 Å². The number of hydrogen-bond acceptors (Lipinski definition) is 10. The van der Waals surface area contributed by atoms with E-state index in [1.54, 1.807) is 42.6 Å². The van der Waals surface area contributed by atoms with Crippen LogP contribution in [0.4, 0.5) is 0 Å². The van der Waals surface area contributed by atoms with E-state index < -0.39 is 18.1 Å². The number of carbonyl (C=O) groups is 3. The summed E-state index contributed by atoms with van der Waals surface area (Å²) in [6.07, 6.45) is 11.4. The molecule has 3 unspecified atom stereocenters. The monoisotopic (exact) mass is 824 g/mol. The minimum atomic E-state index is -1.07. The molecule has 0 spiro atoms. The van der Waals surface area contributed by atoms with E-state index in [0.29, 0.717) is 17.8 Å². The van der Waals surface area contributed by atoms with Gasteiger partial charge in [-0.05, 0) is 73.3 Å². The number of aldehydes is 2. The summed E-state index contributed by atoms with van der Waals surface area (Å²) in [4.78, 5) is 43.2. The third-order valence-electron chi connectivity index (χ3n) is 9.07. The first kappa shape index (κ1) is 50.1. The van der Waals surface area contributed by atoms with Crippen LogP contribution in [0.5, 0.6) is 5.75 Å². The zero-order chi connectivity index (χ0) is 43.6. The average molecular weight is 825 g/mol. The number of aliphatic hydroxyl groups is 1. The Kier molecular flexibility index (Phi) is 23.4. The predicted molar refractivity (Wildman–Crippen MR) is 241 cm³/mol. The second-order valence-electron chi connectivity index (χ2n) is 14.5. The van der Waals surface area contributed by atoms with Gasteiger partial charge in [-0.1, -0.05) is 134 Å². The Hall–Kier alpha value is -5.07. The summed E-state index contributed by atoms with van der Waals surface area (Å²) in [5.74, 6) is 0.518. The fraction of sp³-hybridized carbons (Fsp3) is 0.396. The molecule has 0 aliphatic heterocycles. The molecule has 0 bridgehead atoms. The van der Waals surface area contributed by atoms with Crippen LogP contribution >= 0.6 is 11.3 Å². The van der Waals surface area contributed by atoms with E-state index in [1.807, 2.05) is 93.0 Å². The highest BCUT2D eigenvalue weighted by molar-refractivity contribution is 7.13. The van der Waals surface area contributed by atoms with Gasteiger partial charge in [-0.15, -0.1) is 11.3 Å². The molecule has 0 saturated carbocycles. The zero-order valence-corrected chi connectivity index (χ0v) is 36.8. The van der Waals surface area contributed by atoms with Crippen molar-refractivity contribution in [3.63, 3.8) is 0 Å². The number of carboxylic acid groups (broad SMARTS) is 1. The molecule has 11 heteroatoms. The largest absolute Gasteiger partial charge is 0.494 e. The maximum Gasteiger partial charge on any atom is 0.323 e. The summed E-state index contributed by atoms with van der Waals surface area (Å²) >= 11 is 1.57. The van der Waals surface area contributed by atoms with Gasteiger partial charge in [-0.25, -0.2) is 9.97 Å². The summed E-state index contributed by atoms with van der Waals surface area (Å²) in [5, 5.41) is 24.0. The molecule has 0 amide bonds. The van der Waals surface area contributed by atoms with Crippen LogP contribution in [0.3, 0.4) is 0 Å². The first-order chi connectivity index (χ1) is 28.4. The number of likely N-dealkylation sites (N-methyl/N-ethyl adjacent to an activating group) is 2. The third-order valence-corrected chi connectivity index (χ3v) is 10.5. The van der Waals surface area contributed by atoms with E-state index in [2.05, 4.69) is 48.3 Å². The number of ether oxygens (including phenoxy) is 1. The first-order valence-corrected chi connectivity index (χ1v) is 21.2. The smallest absolute Gasteiger partial charge is 0.323 e. The molecule has 318 valence electrons. The van der Waals surface area contributed by atoms with Crippen molar-refractivity contribution in [2.24, 2.45) is 0 Å². The van der Waals surface area contributed by atoms with Gasteiger partial charge in [0, 0.05) is 28.4 Å². The van der Waals surface area contributed by atoms with E-state index >= 15 is 0 Å². The van der Waals surface area contributed by atoms with Crippen molar-refractivity contribution in [2.75, 3.05) is 20.7 Å². The Morgan fingerprint density at radius 1 is 0.797 bits per heavy atom. The van der Waals surface area contributed by atoms with Crippen molar-refractivity contribution in [1.29, 1.82) is 0 Å². The van der Waals surface area contributed by atoms with Gasteiger partial charge < -0.3 is 30.4 Å². The van der Waals surface area contributed by atoms with Gasteiger partial charge in [0.2, 0.25) is 0 Å². The van der Waals surface area contributed by atoms with E-state index in [4.69, 9.17) is 9.84 Å². The van der Waals surface area contributed by atoms with Crippen LogP contribution in [0.1, 0.15) is 105 Å². The first-order valence-electron chi connectivity index (χ1n) is 20.4. The van der Waals surface area contributed by atoms with Gasteiger partial charge in [0.15, 0.2) is 12.1 Å². The molecule has 3 atom stereocenters. The maximum absolute atomic E-state index is 11.0. The number of carboxylic acids is 1. The van der Waals surface area contributed by atoms with Gasteiger partial charge in [0.1, 0.15) is 24.2 Å².